The molecule has 2 aromatic rings. The third-order valence-electron chi connectivity index (χ3n) is 3.14. The van der Waals surface area contributed by atoms with Crippen LogP contribution < -0.4 is 14.2 Å². The van der Waals surface area contributed by atoms with Crippen LogP contribution in [0, 0.1) is 0 Å². The summed E-state index contributed by atoms with van der Waals surface area (Å²) < 4.78 is 16.4. The maximum atomic E-state index is 5.91. The predicted molar refractivity (Wildman–Crippen MR) is 80.2 cm³/mol. The zero-order chi connectivity index (χ0) is 14.5. The van der Waals surface area contributed by atoms with E-state index in [1.807, 2.05) is 36.4 Å². The van der Waals surface area contributed by atoms with Gasteiger partial charge in [0.05, 0.1) is 14.2 Å². The van der Waals surface area contributed by atoms with Crippen molar-refractivity contribution < 1.29 is 14.2 Å². The van der Waals surface area contributed by atoms with Crippen molar-refractivity contribution in [3.63, 3.8) is 0 Å². The molecule has 0 amide bonds. The zero-order valence-corrected chi connectivity index (χ0v) is 12.3. The van der Waals surface area contributed by atoms with Gasteiger partial charge in [0.15, 0.2) is 11.5 Å². The normalized spacial score (nSPS) is 10.4. The maximum absolute atomic E-state index is 5.91. The summed E-state index contributed by atoms with van der Waals surface area (Å²) in [5, 5.41) is 0. The molecule has 0 atom stereocenters. The van der Waals surface area contributed by atoms with Gasteiger partial charge in [-0.25, -0.2) is 0 Å². The molecule has 0 aromatic heterocycles. The molecule has 0 spiro atoms. The first-order valence-corrected chi connectivity index (χ1v) is 6.64. The van der Waals surface area contributed by atoms with Gasteiger partial charge in [-0.1, -0.05) is 19.9 Å². The van der Waals surface area contributed by atoms with E-state index in [-0.39, 0.29) is 0 Å². The Hall–Kier alpha value is -2.16. The smallest absolute Gasteiger partial charge is 0.169 e. The van der Waals surface area contributed by atoms with Crippen LogP contribution in [0.5, 0.6) is 23.0 Å². The molecule has 2 rings (SSSR count). The lowest BCUT2D eigenvalue weighted by molar-refractivity contribution is 0.377. The molecule has 2 aromatic carbocycles. The van der Waals surface area contributed by atoms with Crippen LogP contribution in [0.25, 0.3) is 0 Å². The number of hydrogen-bond acceptors (Lipinski definition) is 3. The van der Waals surface area contributed by atoms with Crippen molar-refractivity contribution in [3.8, 4) is 23.0 Å². The molecule has 0 radical (unpaired) electrons. The van der Waals surface area contributed by atoms with Crippen molar-refractivity contribution in [2.45, 2.75) is 19.8 Å². The van der Waals surface area contributed by atoms with Crippen molar-refractivity contribution in [2.24, 2.45) is 0 Å². The number of hydrogen-bond donors (Lipinski definition) is 0. The summed E-state index contributed by atoms with van der Waals surface area (Å²) in [6, 6.07) is 13.5. The molecule has 3 heteroatoms. The lowest BCUT2D eigenvalue weighted by atomic mass is 10.0. The first-order chi connectivity index (χ1) is 9.63. The van der Waals surface area contributed by atoms with Gasteiger partial charge in [0.1, 0.15) is 11.5 Å². The van der Waals surface area contributed by atoms with E-state index in [4.69, 9.17) is 14.2 Å². The van der Waals surface area contributed by atoms with E-state index in [1.54, 1.807) is 14.2 Å². The predicted octanol–water partition coefficient (Wildman–Crippen LogP) is 4.62. The fourth-order valence-electron chi connectivity index (χ4n) is 1.90. The van der Waals surface area contributed by atoms with E-state index in [0.29, 0.717) is 5.92 Å². The highest BCUT2D eigenvalue weighted by Gasteiger charge is 2.09. The molecule has 0 aliphatic carbocycles. The van der Waals surface area contributed by atoms with Crippen LogP contribution in [0.1, 0.15) is 25.3 Å². The molecule has 0 fully saturated rings. The highest BCUT2D eigenvalue weighted by Crippen LogP contribution is 2.34. The fraction of sp³-hybridized carbons (Fsp3) is 0.294. The number of ether oxygens (including phenoxy) is 3. The van der Waals surface area contributed by atoms with Crippen molar-refractivity contribution >= 4 is 0 Å². The van der Waals surface area contributed by atoms with Gasteiger partial charge in [-0.15, -0.1) is 0 Å². The van der Waals surface area contributed by atoms with Crippen LogP contribution in [-0.4, -0.2) is 14.2 Å². The Balaban J connectivity index is 2.27. The minimum Gasteiger partial charge on any atom is -0.497 e. The Kier molecular flexibility index (Phi) is 4.51. The third kappa shape index (κ3) is 3.23. The van der Waals surface area contributed by atoms with E-state index in [0.717, 1.165) is 23.0 Å². The van der Waals surface area contributed by atoms with Crippen LogP contribution in [-0.2, 0) is 0 Å². The Labute approximate surface area is 120 Å². The van der Waals surface area contributed by atoms with E-state index in [1.165, 1.54) is 5.56 Å². The van der Waals surface area contributed by atoms with Gasteiger partial charge in [0, 0.05) is 0 Å². The Morgan fingerprint density at radius 2 is 1.40 bits per heavy atom. The summed E-state index contributed by atoms with van der Waals surface area (Å²) >= 11 is 0. The molecule has 0 saturated carbocycles. The van der Waals surface area contributed by atoms with E-state index in [9.17, 15) is 0 Å². The van der Waals surface area contributed by atoms with Gasteiger partial charge >= 0.3 is 0 Å². The SMILES string of the molecule is COc1ccc(Oc2cc(C(C)C)ccc2OC)cc1. The second-order valence-corrected chi connectivity index (χ2v) is 4.84. The summed E-state index contributed by atoms with van der Waals surface area (Å²) in [5.41, 5.74) is 1.22. The third-order valence-corrected chi connectivity index (χ3v) is 3.14. The van der Waals surface area contributed by atoms with E-state index in [2.05, 4.69) is 19.9 Å². The molecule has 0 aliphatic heterocycles. The highest BCUT2D eigenvalue weighted by molar-refractivity contribution is 5.46. The number of benzene rings is 2. The van der Waals surface area contributed by atoms with Gasteiger partial charge in [0.2, 0.25) is 0 Å². The molecule has 0 aliphatic rings. The van der Waals surface area contributed by atoms with E-state index < -0.39 is 0 Å². The van der Waals surface area contributed by atoms with E-state index >= 15 is 0 Å². The summed E-state index contributed by atoms with van der Waals surface area (Å²) in [5.74, 6) is 3.46. The molecular formula is C17H20O3. The summed E-state index contributed by atoms with van der Waals surface area (Å²) in [4.78, 5) is 0. The Morgan fingerprint density at radius 3 is 1.95 bits per heavy atom. The summed E-state index contributed by atoms with van der Waals surface area (Å²) in [6.07, 6.45) is 0. The van der Waals surface area contributed by atoms with Crippen LogP contribution in [0.2, 0.25) is 0 Å². The molecule has 0 unspecified atom stereocenters. The van der Waals surface area contributed by atoms with Gasteiger partial charge < -0.3 is 14.2 Å². The second-order valence-electron chi connectivity index (χ2n) is 4.84. The van der Waals surface area contributed by atoms with Gasteiger partial charge in [0.25, 0.3) is 0 Å². The van der Waals surface area contributed by atoms with Gasteiger partial charge in [-0.05, 0) is 47.9 Å². The van der Waals surface area contributed by atoms with Gasteiger partial charge in [-0.3, -0.25) is 0 Å². The highest BCUT2D eigenvalue weighted by atomic mass is 16.5. The lowest BCUT2D eigenvalue weighted by Crippen LogP contribution is -1.94. The summed E-state index contributed by atoms with van der Waals surface area (Å²) in [6.45, 7) is 4.30. The maximum Gasteiger partial charge on any atom is 0.169 e. The molecule has 0 saturated heterocycles. The largest absolute Gasteiger partial charge is 0.497 e. The number of rotatable bonds is 5. The minimum absolute atomic E-state index is 0.444. The molecular weight excluding hydrogens is 252 g/mol. The Morgan fingerprint density at radius 1 is 0.750 bits per heavy atom. The molecule has 0 bridgehead atoms. The topological polar surface area (TPSA) is 27.7 Å². The van der Waals surface area contributed by atoms with Crippen LogP contribution in [0.15, 0.2) is 42.5 Å². The Bertz CT molecular complexity index is 559. The lowest BCUT2D eigenvalue weighted by Gasteiger charge is -2.13. The molecule has 20 heavy (non-hydrogen) atoms. The van der Waals surface area contributed by atoms with Gasteiger partial charge in [-0.2, -0.15) is 0 Å². The standard InChI is InChI=1S/C17H20O3/c1-12(2)13-5-10-16(19-4)17(11-13)20-15-8-6-14(18-3)7-9-15/h5-12H,1-4H3. The first-order valence-electron chi connectivity index (χ1n) is 6.64. The molecule has 3 nitrogen and oxygen atoms in total. The van der Waals surface area contributed by atoms with Crippen molar-refractivity contribution in [1.29, 1.82) is 0 Å². The molecule has 106 valence electrons. The minimum atomic E-state index is 0.444. The number of methoxy groups -OCH3 is 2. The van der Waals surface area contributed by atoms with Crippen LogP contribution >= 0.6 is 0 Å². The summed E-state index contributed by atoms with van der Waals surface area (Å²) in [7, 11) is 3.29. The first kappa shape index (κ1) is 14.3. The van der Waals surface area contributed by atoms with Crippen molar-refractivity contribution in [2.75, 3.05) is 14.2 Å². The molecule has 0 heterocycles. The fourth-order valence-corrected chi connectivity index (χ4v) is 1.90. The van der Waals surface area contributed by atoms with Crippen molar-refractivity contribution in [1.82, 2.24) is 0 Å². The second kappa shape index (κ2) is 6.33. The average molecular weight is 272 g/mol. The average Bonchev–Trinajstić information content (AvgIpc) is 2.48. The van der Waals surface area contributed by atoms with Crippen LogP contribution in [0.4, 0.5) is 0 Å². The van der Waals surface area contributed by atoms with Crippen LogP contribution in [0.3, 0.4) is 0 Å². The monoisotopic (exact) mass is 272 g/mol. The zero-order valence-electron chi connectivity index (χ0n) is 12.3. The molecule has 0 N–H and O–H groups in total. The quantitative estimate of drug-likeness (QED) is 0.795. The van der Waals surface area contributed by atoms with Crippen molar-refractivity contribution in [3.05, 3.63) is 48.0 Å².